The minimum atomic E-state index is -0.216. The van der Waals surface area contributed by atoms with E-state index in [4.69, 9.17) is 4.74 Å². The number of rotatable bonds is 6. The first-order chi connectivity index (χ1) is 9.04. The average molecular weight is 329 g/mol. The zero-order valence-corrected chi connectivity index (χ0v) is 12.6. The zero-order chi connectivity index (χ0) is 14.3. The molecule has 0 aromatic heterocycles. The van der Waals surface area contributed by atoms with E-state index < -0.39 is 0 Å². The predicted molar refractivity (Wildman–Crippen MR) is 77.1 cm³/mol. The molecule has 104 valence electrons. The first-order valence-electron chi connectivity index (χ1n) is 5.84. The van der Waals surface area contributed by atoms with Gasteiger partial charge in [0.1, 0.15) is 6.54 Å². The molecule has 0 spiro atoms. The number of ether oxygens (including phenoxy) is 1. The van der Waals surface area contributed by atoms with Gasteiger partial charge in [-0.2, -0.15) is 0 Å². The highest BCUT2D eigenvalue weighted by atomic mass is 79.9. The van der Waals surface area contributed by atoms with Gasteiger partial charge < -0.3 is 15.0 Å². The fraction of sp³-hybridized carbons (Fsp3) is 0.385. The van der Waals surface area contributed by atoms with Gasteiger partial charge in [0.2, 0.25) is 11.8 Å². The van der Waals surface area contributed by atoms with E-state index in [1.54, 1.807) is 19.2 Å². The van der Waals surface area contributed by atoms with E-state index in [0.717, 1.165) is 4.47 Å². The van der Waals surface area contributed by atoms with Gasteiger partial charge >= 0.3 is 0 Å². The lowest BCUT2D eigenvalue weighted by Crippen LogP contribution is -2.40. The molecule has 0 aliphatic rings. The molecule has 0 saturated carbocycles. The van der Waals surface area contributed by atoms with Crippen LogP contribution in [0, 0.1) is 0 Å². The van der Waals surface area contributed by atoms with Gasteiger partial charge in [0.15, 0.2) is 0 Å². The SMILES string of the molecule is COCCNC(=O)CN(C(C)=O)c1cccc(Br)c1. The largest absolute Gasteiger partial charge is 0.383 e. The Bertz CT molecular complexity index is 451. The lowest BCUT2D eigenvalue weighted by atomic mass is 10.3. The minimum absolute atomic E-state index is 0.00446. The third kappa shape index (κ3) is 5.40. The van der Waals surface area contributed by atoms with E-state index >= 15 is 0 Å². The quantitative estimate of drug-likeness (QED) is 0.806. The summed E-state index contributed by atoms with van der Waals surface area (Å²) >= 11 is 3.34. The third-order valence-electron chi connectivity index (χ3n) is 2.43. The fourth-order valence-electron chi connectivity index (χ4n) is 1.52. The van der Waals surface area contributed by atoms with Crippen LogP contribution in [0.2, 0.25) is 0 Å². The predicted octanol–water partition coefficient (Wildman–Crippen LogP) is 1.56. The summed E-state index contributed by atoms with van der Waals surface area (Å²) in [5, 5.41) is 2.68. The molecular formula is C13H17BrN2O3. The van der Waals surface area contributed by atoms with E-state index in [-0.39, 0.29) is 18.4 Å². The van der Waals surface area contributed by atoms with Crippen molar-refractivity contribution in [3.63, 3.8) is 0 Å². The molecule has 5 nitrogen and oxygen atoms in total. The summed E-state index contributed by atoms with van der Waals surface area (Å²) in [6.45, 7) is 2.31. The topological polar surface area (TPSA) is 58.6 Å². The van der Waals surface area contributed by atoms with Crippen molar-refractivity contribution >= 4 is 33.4 Å². The Balaban J connectivity index is 2.68. The number of carbonyl (C=O) groups excluding carboxylic acids is 2. The molecular weight excluding hydrogens is 312 g/mol. The molecule has 0 atom stereocenters. The Morgan fingerprint density at radius 1 is 1.42 bits per heavy atom. The average Bonchev–Trinajstić information content (AvgIpc) is 2.36. The molecule has 0 saturated heterocycles. The van der Waals surface area contributed by atoms with Crippen molar-refractivity contribution in [3.8, 4) is 0 Å². The second-order valence-corrected chi connectivity index (χ2v) is 4.84. The monoisotopic (exact) mass is 328 g/mol. The molecule has 0 fully saturated rings. The normalized spacial score (nSPS) is 10.1. The second-order valence-electron chi connectivity index (χ2n) is 3.93. The first-order valence-corrected chi connectivity index (χ1v) is 6.63. The number of methoxy groups -OCH3 is 1. The number of anilines is 1. The fourth-order valence-corrected chi connectivity index (χ4v) is 1.91. The van der Waals surface area contributed by atoms with Gasteiger partial charge in [-0.25, -0.2) is 0 Å². The molecule has 0 heterocycles. The molecule has 1 aromatic carbocycles. The number of nitrogens with zero attached hydrogens (tertiary/aromatic N) is 1. The van der Waals surface area contributed by atoms with Crippen LogP contribution in [-0.2, 0) is 14.3 Å². The Morgan fingerprint density at radius 2 is 2.16 bits per heavy atom. The molecule has 0 bridgehead atoms. The summed E-state index contributed by atoms with van der Waals surface area (Å²) in [6, 6.07) is 7.26. The number of carbonyl (C=O) groups is 2. The van der Waals surface area contributed by atoms with E-state index in [9.17, 15) is 9.59 Å². The van der Waals surface area contributed by atoms with Crippen LogP contribution in [0.4, 0.5) is 5.69 Å². The summed E-state index contributed by atoms with van der Waals surface area (Å²) in [4.78, 5) is 24.8. The number of amides is 2. The Morgan fingerprint density at radius 3 is 2.74 bits per heavy atom. The molecule has 0 aliphatic carbocycles. The van der Waals surface area contributed by atoms with Crippen LogP contribution >= 0.6 is 15.9 Å². The summed E-state index contributed by atoms with van der Waals surface area (Å²) < 4.78 is 5.70. The molecule has 2 amide bonds. The van der Waals surface area contributed by atoms with Crippen molar-refractivity contribution in [1.29, 1.82) is 0 Å². The number of nitrogens with one attached hydrogen (secondary N) is 1. The van der Waals surface area contributed by atoms with Gasteiger partial charge in [-0.1, -0.05) is 22.0 Å². The standard InChI is InChI=1S/C13H17BrN2O3/c1-10(17)16(9-13(18)15-6-7-19-2)12-5-3-4-11(14)8-12/h3-5,8H,6-7,9H2,1-2H3,(H,15,18). The molecule has 6 heteroatoms. The van der Waals surface area contributed by atoms with Crippen molar-refractivity contribution in [1.82, 2.24) is 5.32 Å². The van der Waals surface area contributed by atoms with Crippen LogP contribution < -0.4 is 10.2 Å². The number of hydrogen-bond acceptors (Lipinski definition) is 3. The van der Waals surface area contributed by atoms with Gasteiger partial charge in [0.25, 0.3) is 0 Å². The summed E-state index contributed by atoms with van der Waals surface area (Å²) in [6.07, 6.45) is 0. The van der Waals surface area contributed by atoms with Crippen molar-refractivity contribution in [2.75, 3.05) is 31.7 Å². The summed E-state index contributed by atoms with van der Waals surface area (Å²) in [7, 11) is 1.57. The van der Waals surface area contributed by atoms with Crippen LogP contribution in [0.3, 0.4) is 0 Å². The van der Waals surface area contributed by atoms with Crippen LogP contribution in [0.25, 0.3) is 0 Å². The molecule has 1 rings (SSSR count). The van der Waals surface area contributed by atoms with Crippen molar-refractivity contribution < 1.29 is 14.3 Å². The lowest BCUT2D eigenvalue weighted by Gasteiger charge is -2.20. The molecule has 0 radical (unpaired) electrons. The number of benzene rings is 1. The molecule has 19 heavy (non-hydrogen) atoms. The molecule has 0 unspecified atom stereocenters. The molecule has 0 aliphatic heterocycles. The maximum atomic E-state index is 11.7. The summed E-state index contributed by atoms with van der Waals surface area (Å²) in [5.74, 6) is -0.396. The van der Waals surface area contributed by atoms with E-state index in [1.165, 1.54) is 11.8 Å². The third-order valence-corrected chi connectivity index (χ3v) is 2.92. The van der Waals surface area contributed by atoms with Crippen LogP contribution in [-0.4, -0.2) is 38.6 Å². The Labute approximate surface area is 121 Å². The maximum absolute atomic E-state index is 11.7. The van der Waals surface area contributed by atoms with Crippen molar-refractivity contribution in [2.45, 2.75) is 6.92 Å². The first kappa shape index (κ1) is 15.7. The van der Waals surface area contributed by atoms with Gasteiger partial charge in [-0.05, 0) is 18.2 Å². The van der Waals surface area contributed by atoms with E-state index in [0.29, 0.717) is 18.8 Å². The zero-order valence-electron chi connectivity index (χ0n) is 11.0. The Hall–Kier alpha value is -1.40. The molecule has 1 aromatic rings. The molecule has 1 N–H and O–H groups in total. The minimum Gasteiger partial charge on any atom is -0.383 e. The van der Waals surface area contributed by atoms with Gasteiger partial charge in [0, 0.05) is 30.7 Å². The van der Waals surface area contributed by atoms with Crippen LogP contribution in [0.1, 0.15) is 6.92 Å². The second kappa shape index (κ2) is 7.91. The summed E-state index contributed by atoms with van der Waals surface area (Å²) in [5.41, 5.74) is 0.684. The lowest BCUT2D eigenvalue weighted by molar-refractivity contribution is -0.123. The highest BCUT2D eigenvalue weighted by molar-refractivity contribution is 9.10. The van der Waals surface area contributed by atoms with E-state index in [1.807, 2.05) is 12.1 Å². The van der Waals surface area contributed by atoms with Crippen LogP contribution in [0.5, 0.6) is 0 Å². The Kier molecular flexibility index (Phi) is 6.52. The van der Waals surface area contributed by atoms with Crippen LogP contribution in [0.15, 0.2) is 28.7 Å². The van der Waals surface area contributed by atoms with E-state index in [2.05, 4.69) is 21.2 Å². The van der Waals surface area contributed by atoms with Gasteiger partial charge in [0.05, 0.1) is 6.61 Å². The van der Waals surface area contributed by atoms with Crippen molar-refractivity contribution in [3.05, 3.63) is 28.7 Å². The highest BCUT2D eigenvalue weighted by Gasteiger charge is 2.15. The van der Waals surface area contributed by atoms with Gasteiger partial charge in [-0.15, -0.1) is 0 Å². The van der Waals surface area contributed by atoms with Crippen molar-refractivity contribution in [2.24, 2.45) is 0 Å². The smallest absolute Gasteiger partial charge is 0.240 e. The highest BCUT2D eigenvalue weighted by Crippen LogP contribution is 2.19. The number of hydrogen-bond donors (Lipinski definition) is 1. The van der Waals surface area contributed by atoms with Gasteiger partial charge in [-0.3, -0.25) is 9.59 Å². The maximum Gasteiger partial charge on any atom is 0.240 e. The number of halogens is 1.